The molecule has 1 aliphatic heterocycles. The van der Waals surface area contributed by atoms with Crippen molar-refractivity contribution in [3.8, 4) is 28.7 Å². The molecule has 1 unspecified atom stereocenters. The van der Waals surface area contributed by atoms with Crippen molar-refractivity contribution in [3.63, 3.8) is 0 Å². The van der Waals surface area contributed by atoms with Gasteiger partial charge in [0.05, 0.1) is 40.2 Å². The van der Waals surface area contributed by atoms with E-state index in [-0.39, 0.29) is 18.5 Å². The molecule has 0 radical (unpaired) electrons. The van der Waals surface area contributed by atoms with Gasteiger partial charge in [-0.1, -0.05) is 18.2 Å². The summed E-state index contributed by atoms with van der Waals surface area (Å²) in [5.74, 6) is 2.29. The van der Waals surface area contributed by atoms with E-state index in [1.807, 2.05) is 24.3 Å². The van der Waals surface area contributed by atoms with Crippen molar-refractivity contribution in [1.29, 1.82) is 0 Å². The number of amides is 1. The first-order chi connectivity index (χ1) is 17.5. The van der Waals surface area contributed by atoms with Crippen LogP contribution in [0.4, 0.5) is 4.39 Å². The van der Waals surface area contributed by atoms with Gasteiger partial charge in [-0.15, -0.1) is 0 Å². The number of halogens is 1. The van der Waals surface area contributed by atoms with Crippen LogP contribution in [0, 0.1) is 5.82 Å². The number of methoxy groups -OCH3 is 4. The van der Waals surface area contributed by atoms with Gasteiger partial charge >= 0.3 is 0 Å². The molecule has 0 saturated heterocycles. The Hall–Kier alpha value is -4.27. The van der Waals surface area contributed by atoms with Crippen molar-refractivity contribution in [2.75, 3.05) is 28.4 Å². The normalized spacial score (nSPS) is 14.8. The molecule has 0 saturated carbocycles. The van der Waals surface area contributed by atoms with Crippen LogP contribution < -0.4 is 23.7 Å². The number of nitrogens with zero attached hydrogens (tertiary/aromatic N) is 2. The fourth-order valence-electron chi connectivity index (χ4n) is 4.10. The van der Waals surface area contributed by atoms with Crippen LogP contribution in [0.3, 0.4) is 0 Å². The van der Waals surface area contributed by atoms with E-state index in [4.69, 9.17) is 23.7 Å². The summed E-state index contributed by atoms with van der Waals surface area (Å²) in [5, 5.41) is 5.78. The molecule has 1 amide bonds. The standard InChI is InChI=1S/C27H27FN2O6/c1-32-24-13-19(22-14-21(29-30(22)16-31)18-5-8-20(28)9-6-18)7-10-23(24)36-15-17-11-25(33-2)27(35-4)26(12-17)34-3/h5-13,16,22H,14-15H2,1-4H3. The molecule has 1 aliphatic rings. The number of hydrogen-bond acceptors (Lipinski definition) is 7. The fourth-order valence-corrected chi connectivity index (χ4v) is 4.10. The lowest BCUT2D eigenvalue weighted by Gasteiger charge is -2.19. The zero-order valence-electron chi connectivity index (χ0n) is 20.5. The maximum atomic E-state index is 13.3. The van der Waals surface area contributed by atoms with Gasteiger partial charge in [0.25, 0.3) is 0 Å². The van der Waals surface area contributed by atoms with E-state index < -0.39 is 0 Å². The number of rotatable bonds is 10. The number of carbonyl (C=O) groups excluding carboxylic acids is 1. The predicted octanol–water partition coefficient (Wildman–Crippen LogP) is 4.75. The van der Waals surface area contributed by atoms with Gasteiger partial charge in [0, 0.05) is 6.42 Å². The molecule has 3 aromatic carbocycles. The number of carbonyl (C=O) groups is 1. The third kappa shape index (κ3) is 5.05. The lowest BCUT2D eigenvalue weighted by molar-refractivity contribution is -0.119. The molecule has 0 fully saturated rings. The maximum Gasteiger partial charge on any atom is 0.230 e. The van der Waals surface area contributed by atoms with Crippen molar-refractivity contribution in [2.45, 2.75) is 19.1 Å². The topological polar surface area (TPSA) is 78.8 Å². The third-order valence-electron chi connectivity index (χ3n) is 5.92. The van der Waals surface area contributed by atoms with Crippen molar-refractivity contribution in [3.05, 3.63) is 77.1 Å². The summed E-state index contributed by atoms with van der Waals surface area (Å²) in [5.41, 5.74) is 3.12. The highest BCUT2D eigenvalue weighted by atomic mass is 19.1. The molecule has 1 atom stereocenters. The minimum absolute atomic E-state index is 0.230. The highest BCUT2D eigenvalue weighted by Crippen LogP contribution is 2.40. The Morgan fingerprint density at radius 3 is 2.14 bits per heavy atom. The Morgan fingerprint density at radius 2 is 1.56 bits per heavy atom. The van der Waals surface area contributed by atoms with Gasteiger partial charge in [-0.2, -0.15) is 5.10 Å². The van der Waals surface area contributed by atoms with E-state index >= 15 is 0 Å². The first kappa shape index (κ1) is 24.8. The second kappa shape index (κ2) is 11.0. The predicted molar refractivity (Wildman–Crippen MR) is 132 cm³/mol. The molecule has 0 N–H and O–H groups in total. The summed E-state index contributed by atoms with van der Waals surface area (Å²) in [6, 6.07) is 14.9. The molecule has 9 heteroatoms. The Bertz CT molecular complexity index is 1240. The second-order valence-corrected chi connectivity index (χ2v) is 7.99. The van der Waals surface area contributed by atoms with E-state index in [0.29, 0.717) is 47.3 Å². The Balaban J connectivity index is 1.53. The van der Waals surface area contributed by atoms with Gasteiger partial charge in [0.1, 0.15) is 12.4 Å². The molecule has 0 aromatic heterocycles. The third-order valence-corrected chi connectivity index (χ3v) is 5.92. The molecular weight excluding hydrogens is 467 g/mol. The summed E-state index contributed by atoms with van der Waals surface area (Å²) < 4.78 is 41.1. The second-order valence-electron chi connectivity index (χ2n) is 7.99. The summed E-state index contributed by atoms with van der Waals surface area (Å²) in [4.78, 5) is 11.7. The smallest absolute Gasteiger partial charge is 0.230 e. The average Bonchev–Trinajstić information content (AvgIpc) is 3.36. The Morgan fingerprint density at radius 1 is 0.889 bits per heavy atom. The van der Waals surface area contributed by atoms with Crippen LogP contribution in [-0.2, 0) is 11.4 Å². The summed E-state index contributed by atoms with van der Waals surface area (Å²) >= 11 is 0. The molecule has 0 aliphatic carbocycles. The largest absolute Gasteiger partial charge is 0.493 e. The van der Waals surface area contributed by atoms with Crippen LogP contribution in [0.2, 0.25) is 0 Å². The van der Waals surface area contributed by atoms with Crippen LogP contribution in [-0.4, -0.2) is 45.6 Å². The van der Waals surface area contributed by atoms with Crippen LogP contribution in [0.5, 0.6) is 28.7 Å². The molecule has 0 bridgehead atoms. The van der Waals surface area contributed by atoms with Gasteiger partial charge in [0.2, 0.25) is 12.2 Å². The monoisotopic (exact) mass is 494 g/mol. The quantitative estimate of drug-likeness (QED) is 0.379. The van der Waals surface area contributed by atoms with Gasteiger partial charge in [-0.25, -0.2) is 9.40 Å². The highest BCUT2D eigenvalue weighted by Gasteiger charge is 2.29. The molecule has 36 heavy (non-hydrogen) atoms. The van der Waals surface area contributed by atoms with Crippen LogP contribution in [0.15, 0.2) is 59.7 Å². The van der Waals surface area contributed by atoms with Gasteiger partial charge in [-0.05, 0) is 53.1 Å². The Kier molecular flexibility index (Phi) is 7.58. The van der Waals surface area contributed by atoms with Gasteiger partial charge < -0.3 is 23.7 Å². The minimum Gasteiger partial charge on any atom is -0.493 e. The number of hydrazone groups is 1. The van der Waals surface area contributed by atoms with E-state index in [1.165, 1.54) is 17.1 Å². The molecule has 1 heterocycles. The summed E-state index contributed by atoms with van der Waals surface area (Å²) in [6.45, 7) is 0.230. The first-order valence-corrected chi connectivity index (χ1v) is 11.2. The van der Waals surface area contributed by atoms with Crippen LogP contribution in [0.25, 0.3) is 0 Å². The molecular formula is C27H27FN2O6. The number of hydrogen-bond donors (Lipinski definition) is 0. The number of benzene rings is 3. The van der Waals surface area contributed by atoms with Crippen molar-refractivity contribution < 1.29 is 32.9 Å². The summed E-state index contributed by atoms with van der Waals surface area (Å²) in [6.07, 6.45) is 1.17. The maximum absolute atomic E-state index is 13.3. The lowest BCUT2D eigenvalue weighted by Crippen LogP contribution is -2.17. The van der Waals surface area contributed by atoms with Crippen molar-refractivity contribution >= 4 is 12.1 Å². The molecule has 8 nitrogen and oxygen atoms in total. The van der Waals surface area contributed by atoms with E-state index in [9.17, 15) is 9.18 Å². The molecule has 0 spiro atoms. The molecule has 4 rings (SSSR count). The minimum atomic E-state index is -0.326. The van der Waals surface area contributed by atoms with E-state index in [0.717, 1.165) is 16.7 Å². The van der Waals surface area contributed by atoms with Crippen LogP contribution >= 0.6 is 0 Å². The molecule has 188 valence electrons. The first-order valence-electron chi connectivity index (χ1n) is 11.2. The number of ether oxygens (including phenoxy) is 5. The van der Waals surface area contributed by atoms with Crippen LogP contribution in [0.1, 0.15) is 29.2 Å². The summed E-state index contributed by atoms with van der Waals surface area (Å²) in [7, 11) is 6.21. The van der Waals surface area contributed by atoms with Crippen molar-refractivity contribution in [1.82, 2.24) is 5.01 Å². The van der Waals surface area contributed by atoms with Gasteiger partial charge in [0.15, 0.2) is 23.0 Å². The van der Waals surface area contributed by atoms with Gasteiger partial charge in [-0.3, -0.25) is 4.79 Å². The average molecular weight is 495 g/mol. The lowest BCUT2D eigenvalue weighted by atomic mass is 9.98. The van der Waals surface area contributed by atoms with Crippen molar-refractivity contribution in [2.24, 2.45) is 5.10 Å². The fraction of sp³-hybridized carbons (Fsp3) is 0.259. The zero-order chi connectivity index (χ0) is 25.7. The van der Waals surface area contributed by atoms with E-state index in [2.05, 4.69) is 5.10 Å². The SMILES string of the molecule is COc1cc(C2CC(c3ccc(F)cc3)=NN2C=O)ccc1OCc1cc(OC)c(OC)c(OC)c1. The van der Waals surface area contributed by atoms with E-state index in [1.54, 1.807) is 46.6 Å². The molecule has 3 aromatic rings. The Labute approximate surface area is 208 Å². The highest BCUT2D eigenvalue weighted by molar-refractivity contribution is 6.02. The zero-order valence-corrected chi connectivity index (χ0v) is 20.5.